The van der Waals surface area contributed by atoms with Crippen LogP contribution in [0.15, 0.2) is 42.5 Å². The summed E-state index contributed by atoms with van der Waals surface area (Å²) in [4.78, 5) is 58.8. The number of amides is 2. The second kappa shape index (κ2) is 23.7. The highest BCUT2D eigenvalue weighted by Gasteiger charge is 2.37. The van der Waals surface area contributed by atoms with Crippen molar-refractivity contribution in [1.29, 1.82) is 0 Å². The van der Waals surface area contributed by atoms with Crippen LogP contribution in [0.4, 0.5) is 28.1 Å². The molecular weight excluding hydrogens is 893 g/mol. The van der Waals surface area contributed by atoms with Crippen molar-refractivity contribution in [2.45, 2.75) is 142 Å². The van der Waals surface area contributed by atoms with Crippen molar-refractivity contribution in [3.05, 3.63) is 64.7 Å². The molecule has 70 heavy (non-hydrogen) atoms. The van der Waals surface area contributed by atoms with Gasteiger partial charge in [-0.15, -0.1) is 0 Å². The van der Waals surface area contributed by atoms with E-state index in [4.69, 9.17) is 19.2 Å². The van der Waals surface area contributed by atoms with Gasteiger partial charge in [0, 0.05) is 102 Å². The van der Waals surface area contributed by atoms with Crippen molar-refractivity contribution in [3.63, 3.8) is 0 Å². The third-order valence-electron chi connectivity index (χ3n) is 14.0. The number of rotatable bonds is 16. The number of nitrogens with one attached hydrogen (secondary N) is 3. The summed E-state index contributed by atoms with van der Waals surface area (Å²) in [5.41, 5.74) is 1.98. The Morgan fingerprint density at radius 1 is 0.743 bits per heavy atom. The minimum Gasteiger partial charge on any atom is -0.478 e. The van der Waals surface area contributed by atoms with E-state index in [0.29, 0.717) is 59.1 Å². The zero-order valence-corrected chi connectivity index (χ0v) is 42.7. The van der Waals surface area contributed by atoms with Crippen LogP contribution in [0, 0.1) is 0 Å². The summed E-state index contributed by atoms with van der Waals surface area (Å²) >= 11 is 0. The number of carboxylic acid groups (broad SMARTS) is 1. The van der Waals surface area contributed by atoms with Gasteiger partial charge < -0.3 is 50.2 Å². The molecule has 5 heterocycles. The number of fused-ring (bicyclic) bond motifs is 1. The Morgan fingerprint density at radius 3 is 1.74 bits per heavy atom. The zero-order chi connectivity index (χ0) is 50.1. The van der Waals surface area contributed by atoms with Crippen LogP contribution in [0.5, 0.6) is 5.75 Å². The molecule has 4 fully saturated rings. The number of methoxy groups -OCH3 is 1. The summed E-state index contributed by atoms with van der Waals surface area (Å²) in [5, 5.41) is 30.7. The number of pyridine rings is 2. The van der Waals surface area contributed by atoms with Gasteiger partial charge in [0.25, 0.3) is 5.91 Å². The molecule has 0 spiro atoms. The van der Waals surface area contributed by atoms with Gasteiger partial charge in [-0.1, -0.05) is 6.07 Å². The lowest BCUT2D eigenvalue weighted by Crippen LogP contribution is -2.54. The smallest absolute Gasteiger partial charge is 0.410 e. The predicted molar refractivity (Wildman–Crippen MR) is 272 cm³/mol. The molecule has 2 aliphatic carbocycles. The third-order valence-corrected chi connectivity index (χ3v) is 14.0. The number of aromatic carboxylic acids is 1. The van der Waals surface area contributed by atoms with Gasteiger partial charge in [0.05, 0.1) is 17.7 Å². The zero-order valence-electron chi connectivity index (χ0n) is 42.7. The SMILES string of the molecule is CC(C)N1CCN(c2cc(C(=O)O)cc(NC3CCC3)n2)CC1.COCOc1ccc2c(c1)CN(C(=O)OC(C)(C)C)C([C@H](O)CNC(=O)c1cc(NC3CCC3)nc(N3CCN(C(C)C)CC3)c1)C2. The first-order chi connectivity index (χ1) is 33.4. The first-order valence-electron chi connectivity index (χ1n) is 25.4. The summed E-state index contributed by atoms with van der Waals surface area (Å²) in [6, 6.07) is 13.9. The van der Waals surface area contributed by atoms with Crippen molar-refractivity contribution in [3.8, 4) is 5.75 Å². The molecule has 2 saturated heterocycles. The van der Waals surface area contributed by atoms with Crippen LogP contribution in [0.3, 0.4) is 0 Å². The molecule has 5 N–H and O–H groups in total. The fourth-order valence-electron chi connectivity index (χ4n) is 9.32. The molecule has 0 radical (unpaired) electrons. The number of piperazine rings is 2. The van der Waals surface area contributed by atoms with Crippen LogP contribution < -0.4 is 30.5 Å². The van der Waals surface area contributed by atoms with E-state index in [-0.39, 0.29) is 25.8 Å². The van der Waals surface area contributed by atoms with E-state index in [1.54, 1.807) is 30.2 Å². The number of hydrogen-bond donors (Lipinski definition) is 5. The van der Waals surface area contributed by atoms with Gasteiger partial charge in [-0.2, -0.15) is 0 Å². The highest BCUT2D eigenvalue weighted by Crippen LogP contribution is 2.31. The van der Waals surface area contributed by atoms with Gasteiger partial charge in [-0.3, -0.25) is 19.5 Å². The van der Waals surface area contributed by atoms with Gasteiger partial charge >= 0.3 is 12.1 Å². The summed E-state index contributed by atoms with van der Waals surface area (Å²) in [7, 11) is 1.56. The van der Waals surface area contributed by atoms with Crippen molar-refractivity contribution in [2.75, 3.05) is 93.2 Å². The lowest BCUT2D eigenvalue weighted by molar-refractivity contribution is -0.0114. The number of anilines is 4. The molecule has 384 valence electrons. The van der Waals surface area contributed by atoms with Gasteiger partial charge in [0.1, 0.15) is 34.6 Å². The number of carbonyl (C=O) groups excluding carboxylic acids is 2. The maximum atomic E-state index is 13.6. The molecular formula is C52H78N10O8. The minimum atomic E-state index is -1.04. The molecule has 2 aromatic heterocycles. The average Bonchev–Trinajstić information content (AvgIpc) is 3.31. The molecule has 3 aromatic rings. The average molecular weight is 971 g/mol. The second-order valence-electron chi connectivity index (χ2n) is 20.9. The Balaban J connectivity index is 0.000000261. The predicted octanol–water partition coefficient (Wildman–Crippen LogP) is 6.29. The second-order valence-corrected chi connectivity index (χ2v) is 20.9. The summed E-state index contributed by atoms with van der Waals surface area (Å²) in [5.74, 6) is 2.36. The molecule has 3 aliphatic heterocycles. The maximum Gasteiger partial charge on any atom is 0.410 e. The van der Waals surface area contributed by atoms with E-state index in [0.717, 1.165) is 101 Å². The fraction of sp³-hybridized carbons (Fsp3) is 0.635. The highest BCUT2D eigenvalue weighted by molar-refractivity contribution is 5.96. The van der Waals surface area contributed by atoms with Gasteiger partial charge in [-0.05, 0) is 141 Å². The van der Waals surface area contributed by atoms with Crippen LogP contribution in [0.1, 0.15) is 119 Å². The van der Waals surface area contributed by atoms with E-state index in [1.807, 2.05) is 45.0 Å². The number of carboxylic acids is 1. The van der Waals surface area contributed by atoms with Crippen molar-refractivity contribution in [1.82, 2.24) is 30.0 Å². The monoisotopic (exact) mass is 971 g/mol. The molecule has 18 heteroatoms. The number of carbonyl (C=O) groups is 3. The molecule has 0 bridgehead atoms. The van der Waals surface area contributed by atoms with Crippen molar-refractivity contribution >= 4 is 41.2 Å². The lowest BCUT2D eigenvalue weighted by atomic mass is 9.91. The molecule has 1 unspecified atom stereocenters. The number of benzene rings is 1. The number of aromatic nitrogens is 2. The number of aliphatic hydroxyl groups is 1. The molecule has 2 amide bonds. The standard InChI is InChI=1S/C35H52N6O6.C17H26N4O2/c1-23(2)39-12-14-40(15-13-39)32-19-25(18-31(38-32)37-27-8-7-9-27)33(43)36-20-30(42)29-17-24-10-11-28(46-22-45-6)16-26(24)21-41(29)34(44)47-35(3,4)5;1-12(2)20-6-8-21(9-7-20)16-11-13(17(22)23)10-15(19-16)18-14-4-3-5-14/h10-11,16,18-19,23,27,29-30,42H,7-9,12-15,17,20-22H2,1-6H3,(H,36,43)(H,37,38);10-12,14H,3-9H2,1-2H3,(H,18,19)(H,22,23)/t29?,30-;/m1./s1. The lowest BCUT2D eigenvalue weighted by Gasteiger charge is -2.40. The third kappa shape index (κ3) is 14.1. The first-order valence-corrected chi connectivity index (χ1v) is 25.4. The van der Waals surface area contributed by atoms with Crippen LogP contribution >= 0.6 is 0 Å². The minimum absolute atomic E-state index is 0.0384. The van der Waals surface area contributed by atoms with E-state index in [9.17, 15) is 24.6 Å². The van der Waals surface area contributed by atoms with Crippen LogP contribution in [0.2, 0.25) is 0 Å². The van der Waals surface area contributed by atoms with E-state index in [1.165, 1.54) is 12.8 Å². The summed E-state index contributed by atoms with van der Waals surface area (Å²) in [6.07, 6.45) is 5.72. The van der Waals surface area contributed by atoms with E-state index < -0.39 is 29.8 Å². The Kier molecular flexibility index (Phi) is 17.7. The van der Waals surface area contributed by atoms with Gasteiger partial charge in [0.2, 0.25) is 0 Å². The first kappa shape index (κ1) is 52.4. The Bertz CT molecular complexity index is 2230. The largest absolute Gasteiger partial charge is 0.478 e. The van der Waals surface area contributed by atoms with Gasteiger partial charge in [-0.25, -0.2) is 19.6 Å². The Labute approximate surface area is 414 Å². The molecule has 2 saturated carbocycles. The highest BCUT2D eigenvalue weighted by atomic mass is 16.7. The molecule has 5 aliphatic rings. The normalized spacial score (nSPS) is 19.6. The van der Waals surface area contributed by atoms with Crippen LogP contribution in [-0.2, 0) is 22.4 Å². The van der Waals surface area contributed by atoms with Crippen LogP contribution in [0.25, 0.3) is 0 Å². The van der Waals surface area contributed by atoms with Crippen molar-refractivity contribution in [2.24, 2.45) is 0 Å². The number of aliphatic hydroxyl groups excluding tert-OH is 1. The molecule has 1 aromatic carbocycles. The van der Waals surface area contributed by atoms with Crippen molar-refractivity contribution < 1.29 is 38.8 Å². The molecule has 2 atom stereocenters. The fourth-order valence-corrected chi connectivity index (χ4v) is 9.32. The van der Waals surface area contributed by atoms with Gasteiger partial charge in [0.15, 0.2) is 6.79 Å². The quantitative estimate of drug-likeness (QED) is 0.100. The number of ether oxygens (including phenoxy) is 3. The Hall–Kier alpha value is -5.43. The molecule has 8 rings (SSSR count). The maximum absolute atomic E-state index is 13.6. The van der Waals surface area contributed by atoms with Crippen LogP contribution in [-0.4, -0.2) is 168 Å². The van der Waals surface area contributed by atoms with E-state index in [2.05, 4.69) is 68.2 Å². The van der Waals surface area contributed by atoms with E-state index >= 15 is 0 Å². The number of hydrogen-bond acceptors (Lipinski definition) is 15. The summed E-state index contributed by atoms with van der Waals surface area (Å²) < 4.78 is 16.4. The number of nitrogens with zero attached hydrogens (tertiary/aromatic N) is 7. The summed E-state index contributed by atoms with van der Waals surface area (Å²) in [6.45, 7) is 21.9. The molecule has 18 nitrogen and oxygen atoms in total. The Morgan fingerprint density at radius 2 is 1.27 bits per heavy atom. The topological polar surface area (TPSA) is 197 Å².